The van der Waals surface area contributed by atoms with E-state index in [9.17, 15) is 9.59 Å². The summed E-state index contributed by atoms with van der Waals surface area (Å²) in [6.07, 6.45) is 3.54. The Morgan fingerprint density at radius 1 is 1.20 bits per heavy atom. The fourth-order valence-corrected chi connectivity index (χ4v) is 2.95. The molecule has 0 amide bonds. The molecule has 1 fully saturated rings. The number of ether oxygens (including phenoxy) is 2. The smallest absolute Gasteiger partial charge is 0.311 e. The lowest BCUT2D eigenvalue weighted by molar-refractivity contribution is -0.159. The number of hydrogen-bond donors (Lipinski definition) is 1. The van der Waals surface area contributed by atoms with Gasteiger partial charge in [-0.3, -0.25) is 9.59 Å². The molecule has 0 spiro atoms. The monoisotopic (exact) mass is 285 g/mol. The largest absolute Gasteiger partial charge is 0.469 e. The van der Waals surface area contributed by atoms with Gasteiger partial charge in [0.2, 0.25) is 0 Å². The minimum absolute atomic E-state index is 0.0733. The van der Waals surface area contributed by atoms with Crippen LogP contribution in [-0.2, 0) is 19.1 Å². The van der Waals surface area contributed by atoms with Crippen molar-refractivity contribution in [1.82, 2.24) is 5.32 Å². The van der Waals surface area contributed by atoms with Crippen LogP contribution in [0.5, 0.6) is 0 Å². The van der Waals surface area contributed by atoms with Crippen LogP contribution in [-0.4, -0.2) is 38.7 Å². The van der Waals surface area contributed by atoms with E-state index in [2.05, 4.69) is 19.2 Å². The third-order valence-corrected chi connectivity index (χ3v) is 4.25. The normalized spacial score (nSPS) is 26.4. The van der Waals surface area contributed by atoms with Gasteiger partial charge in [0.25, 0.3) is 0 Å². The molecule has 116 valence electrons. The van der Waals surface area contributed by atoms with Gasteiger partial charge < -0.3 is 14.8 Å². The first-order chi connectivity index (χ1) is 9.45. The maximum absolute atomic E-state index is 12.1. The fourth-order valence-electron chi connectivity index (χ4n) is 2.95. The molecule has 1 rings (SSSR count). The van der Waals surface area contributed by atoms with E-state index in [1.165, 1.54) is 14.2 Å². The summed E-state index contributed by atoms with van der Waals surface area (Å²) in [5.41, 5.74) is -0.443. The highest BCUT2D eigenvalue weighted by Crippen LogP contribution is 2.42. The quantitative estimate of drug-likeness (QED) is 0.755. The molecule has 1 saturated carbocycles. The minimum Gasteiger partial charge on any atom is -0.469 e. The molecule has 0 bridgehead atoms. The van der Waals surface area contributed by atoms with Gasteiger partial charge in [-0.25, -0.2) is 0 Å². The third-order valence-electron chi connectivity index (χ3n) is 4.25. The van der Waals surface area contributed by atoms with Gasteiger partial charge in [-0.1, -0.05) is 13.8 Å². The highest BCUT2D eigenvalue weighted by Gasteiger charge is 2.43. The van der Waals surface area contributed by atoms with E-state index in [4.69, 9.17) is 9.47 Å². The number of nitrogens with one attached hydrogen (secondary N) is 1. The van der Waals surface area contributed by atoms with Gasteiger partial charge in [0.05, 0.1) is 25.6 Å². The van der Waals surface area contributed by atoms with Crippen molar-refractivity contribution in [1.29, 1.82) is 0 Å². The van der Waals surface area contributed by atoms with Crippen molar-refractivity contribution < 1.29 is 19.1 Å². The van der Waals surface area contributed by atoms with Gasteiger partial charge in [-0.05, 0) is 38.6 Å². The Morgan fingerprint density at radius 3 is 2.25 bits per heavy atom. The van der Waals surface area contributed by atoms with Crippen molar-refractivity contribution in [2.24, 2.45) is 11.3 Å². The number of rotatable bonds is 6. The molecule has 0 aliphatic heterocycles. The van der Waals surface area contributed by atoms with E-state index in [1.807, 2.05) is 0 Å². The van der Waals surface area contributed by atoms with Crippen molar-refractivity contribution in [3.63, 3.8) is 0 Å². The second kappa shape index (κ2) is 7.62. The standard InChI is InChI=1S/C15H27NO4/c1-11(2)16-10-9-15(14(18)20-4)7-5-12(6-8-15)13(17)19-3/h11-12,16H,5-10H2,1-4H3. The van der Waals surface area contributed by atoms with Crippen molar-refractivity contribution in [2.45, 2.75) is 52.0 Å². The zero-order valence-corrected chi connectivity index (χ0v) is 13.0. The molecule has 0 heterocycles. The first kappa shape index (κ1) is 17.0. The van der Waals surface area contributed by atoms with E-state index in [1.54, 1.807) is 0 Å². The van der Waals surface area contributed by atoms with Crippen LogP contribution < -0.4 is 5.32 Å². The minimum atomic E-state index is -0.443. The molecule has 0 radical (unpaired) electrons. The highest BCUT2D eigenvalue weighted by atomic mass is 16.5. The SMILES string of the molecule is COC(=O)C1CCC(CCNC(C)C)(C(=O)OC)CC1. The van der Waals surface area contributed by atoms with Gasteiger partial charge in [-0.15, -0.1) is 0 Å². The average molecular weight is 285 g/mol. The van der Waals surface area contributed by atoms with Crippen LogP contribution in [0.3, 0.4) is 0 Å². The zero-order valence-electron chi connectivity index (χ0n) is 13.0. The van der Waals surface area contributed by atoms with E-state index >= 15 is 0 Å². The molecular formula is C15H27NO4. The van der Waals surface area contributed by atoms with Gasteiger partial charge >= 0.3 is 11.9 Å². The Kier molecular flexibility index (Phi) is 6.46. The van der Waals surface area contributed by atoms with Crippen LogP contribution >= 0.6 is 0 Å². The average Bonchev–Trinajstić information content (AvgIpc) is 2.45. The van der Waals surface area contributed by atoms with Crippen LogP contribution in [0.2, 0.25) is 0 Å². The van der Waals surface area contributed by atoms with Crippen molar-refractivity contribution in [3.05, 3.63) is 0 Å². The van der Waals surface area contributed by atoms with Crippen molar-refractivity contribution >= 4 is 11.9 Å². The first-order valence-electron chi connectivity index (χ1n) is 7.35. The maximum Gasteiger partial charge on any atom is 0.311 e. The van der Waals surface area contributed by atoms with E-state index in [0.29, 0.717) is 31.7 Å². The molecule has 5 heteroatoms. The number of hydrogen-bond acceptors (Lipinski definition) is 5. The third kappa shape index (κ3) is 4.20. The number of esters is 2. The molecule has 0 aromatic carbocycles. The lowest BCUT2D eigenvalue weighted by Gasteiger charge is -2.37. The van der Waals surface area contributed by atoms with Crippen molar-refractivity contribution in [2.75, 3.05) is 20.8 Å². The Balaban J connectivity index is 2.63. The Bertz CT molecular complexity index is 333. The number of carbonyl (C=O) groups excluding carboxylic acids is 2. The summed E-state index contributed by atoms with van der Waals surface area (Å²) < 4.78 is 9.78. The summed E-state index contributed by atoms with van der Waals surface area (Å²) >= 11 is 0. The molecular weight excluding hydrogens is 258 g/mol. The summed E-state index contributed by atoms with van der Waals surface area (Å²) in [5, 5.41) is 3.34. The second-order valence-electron chi connectivity index (χ2n) is 5.93. The Labute approximate surface area is 121 Å². The lowest BCUT2D eigenvalue weighted by atomic mass is 9.68. The summed E-state index contributed by atoms with van der Waals surface area (Å²) in [7, 11) is 2.85. The molecule has 0 saturated heterocycles. The summed E-state index contributed by atoms with van der Waals surface area (Å²) in [6.45, 7) is 4.95. The summed E-state index contributed by atoms with van der Waals surface area (Å²) in [4.78, 5) is 23.7. The molecule has 1 N–H and O–H groups in total. The maximum atomic E-state index is 12.1. The Morgan fingerprint density at radius 2 is 1.80 bits per heavy atom. The van der Waals surface area contributed by atoms with Crippen molar-refractivity contribution in [3.8, 4) is 0 Å². The first-order valence-corrected chi connectivity index (χ1v) is 7.35. The number of carbonyl (C=O) groups is 2. The molecule has 0 unspecified atom stereocenters. The molecule has 20 heavy (non-hydrogen) atoms. The highest BCUT2D eigenvalue weighted by molar-refractivity contribution is 5.78. The van der Waals surface area contributed by atoms with Crippen LogP contribution in [0.15, 0.2) is 0 Å². The second-order valence-corrected chi connectivity index (χ2v) is 5.93. The zero-order chi connectivity index (χ0) is 15.2. The predicted octanol–water partition coefficient (Wildman–Crippen LogP) is 1.90. The van der Waals surface area contributed by atoms with Gasteiger partial charge in [0.1, 0.15) is 0 Å². The molecule has 0 atom stereocenters. The molecule has 0 aromatic heterocycles. The van der Waals surface area contributed by atoms with E-state index in [-0.39, 0.29) is 17.9 Å². The fraction of sp³-hybridized carbons (Fsp3) is 0.867. The van der Waals surface area contributed by atoms with Gasteiger partial charge in [-0.2, -0.15) is 0 Å². The van der Waals surface area contributed by atoms with E-state index in [0.717, 1.165) is 13.0 Å². The summed E-state index contributed by atoms with van der Waals surface area (Å²) in [6, 6.07) is 0.399. The van der Waals surface area contributed by atoms with Crippen LogP contribution in [0, 0.1) is 11.3 Å². The van der Waals surface area contributed by atoms with E-state index < -0.39 is 5.41 Å². The molecule has 0 aromatic rings. The van der Waals surface area contributed by atoms with Crippen LogP contribution in [0.4, 0.5) is 0 Å². The topological polar surface area (TPSA) is 64.6 Å². The van der Waals surface area contributed by atoms with Gasteiger partial charge in [0, 0.05) is 6.04 Å². The summed E-state index contributed by atoms with van der Waals surface area (Å²) in [5.74, 6) is -0.383. The predicted molar refractivity (Wildman–Crippen MR) is 76.2 cm³/mol. The molecule has 5 nitrogen and oxygen atoms in total. The van der Waals surface area contributed by atoms with Crippen LogP contribution in [0.1, 0.15) is 46.0 Å². The van der Waals surface area contributed by atoms with Gasteiger partial charge in [0.15, 0.2) is 0 Å². The number of methoxy groups -OCH3 is 2. The lowest BCUT2D eigenvalue weighted by Crippen LogP contribution is -2.41. The molecule has 1 aliphatic carbocycles. The Hall–Kier alpha value is -1.10. The molecule has 1 aliphatic rings. The van der Waals surface area contributed by atoms with Crippen LogP contribution in [0.25, 0.3) is 0 Å².